The molecule has 8 heteroatoms. The number of amides is 2. The van der Waals surface area contributed by atoms with E-state index in [9.17, 15) is 9.59 Å². The summed E-state index contributed by atoms with van der Waals surface area (Å²) in [5, 5.41) is 15.0. The van der Waals surface area contributed by atoms with Gasteiger partial charge in [0.15, 0.2) is 5.82 Å². The Bertz CT molecular complexity index is 618. The molecule has 1 aromatic heterocycles. The fraction of sp³-hybridized carbons (Fsp3) is 0.688. The second-order valence-corrected chi connectivity index (χ2v) is 6.44. The zero-order chi connectivity index (χ0) is 16.8. The smallest absolute Gasteiger partial charge is 0.240 e. The molecule has 0 bridgehead atoms. The van der Waals surface area contributed by atoms with Gasteiger partial charge in [-0.25, -0.2) is 5.43 Å². The lowest BCUT2D eigenvalue weighted by Crippen LogP contribution is -2.28. The van der Waals surface area contributed by atoms with E-state index in [1.54, 1.807) is 6.33 Å². The van der Waals surface area contributed by atoms with E-state index in [2.05, 4.69) is 30.6 Å². The minimum absolute atomic E-state index is 0.0344. The van der Waals surface area contributed by atoms with Crippen LogP contribution in [0.15, 0.2) is 11.4 Å². The van der Waals surface area contributed by atoms with Crippen molar-refractivity contribution in [1.29, 1.82) is 0 Å². The number of hydrogen-bond donors (Lipinski definition) is 2. The van der Waals surface area contributed by atoms with Crippen LogP contribution in [0.5, 0.6) is 0 Å². The molecule has 1 fully saturated rings. The molecule has 24 heavy (non-hydrogen) atoms. The quantitative estimate of drug-likeness (QED) is 0.823. The van der Waals surface area contributed by atoms with Crippen LogP contribution in [-0.2, 0) is 16.1 Å². The molecule has 0 spiro atoms. The first-order valence-electron chi connectivity index (χ1n) is 8.72. The summed E-state index contributed by atoms with van der Waals surface area (Å²) in [6, 6.07) is 0.459. The summed E-state index contributed by atoms with van der Waals surface area (Å²) in [7, 11) is 0. The van der Waals surface area contributed by atoms with Crippen molar-refractivity contribution in [3.63, 3.8) is 0 Å². The predicted octanol–water partition coefficient (Wildman–Crippen LogP) is 1.45. The number of aromatic nitrogens is 3. The molecule has 1 aliphatic heterocycles. The van der Waals surface area contributed by atoms with Crippen LogP contribution in [0, 0.1) is 0 Å². The zero-order valence-corrected chi connectivity index (χ0v) is 13.8. The summed E-state index contributed by atoms with van der Waals surface area (Å²) in [6.45, 7) is 0.401. The van der Waals surface area contributed by atoms with Gasteiger partial charge in [-0.15, -0.1) is 10.2 Å². The maximum absolute atomic E-state index is 12.0. The number of nitrogens with one attached hydrogen (secondary N) is 2. The Morgan fingerprint density at radius 1 is 1.29 bits per heavy atom. The molecule has 1 aliphatic carbocycles. The van der Waals surface area contributed by atoms with Gasteiger partial charge in [0, 0.05) is 24.6 Å². The summed E-state index contributed by atoms with van der Waals surface area (Å²) in [6.07, 6.45) is 9.90. The topological polar surface area (TPSA) is 101 Å². The van der Waals surface area contributed by atoms with Gasteiger partial charge < -0.3 is 9.88 Å². The van der Waals surface area contributed by atoms with Gasteiger partial charge in [0.05, 0.1) is 6.54 Å². The number of carbonyl (C=O) groups excluding carboxylic acids is 2. The van der Waals surface area contributed by atoms with E-state index in [-0.39, 0.29) is 11.8 Å². The van der Waals surface area contributed by atoms with Crippen LogP contribution in [0.4, 0.5) is 0 Å². The van der Waals surface area contributed by atoms with E-state index in [1.807, 2.05) is 0 Å². The standard InChI is InChI=1S/C16H24N6O2/c23-15(8-6-12-7-9-16(24)21-19-12)17-10-14-20-18-11-22(14)13-4-2-1-3-5-13/h11,13H,1-10H2,(H,17,23)(H,21,24). The Hall–Kier alpha value is -2.25. The SMILES string of the molecule is O=C(CCC1=NNC(=O)CC1)NCc1nncn1C1CCCCC1. The highest BCUT2D eigenvalue weighted by molar-refractivity contribution is 5.94. The third-order valence-electron chi connectivity index (χ3n) is 4.68. The number of nitrogens with zero attached hydrogens (tertiary/aromatic N) is 4. The Labute approximate surface area is 141 Å². The molecule has 1 saturated carbocycles. The molecule has 0 saturated heterocycles. The third kappa shape index (κ3) is 4.39. The maximum Gasteiger partial charge on any atom is 0.240 e. The van der Waals surface area contributed by atoms with Gasteiger partial charge in [-0.1, -0.05) is 19.3 Å². The fourth-order valence-electron chi connectivity index (χ4n) is 3.27. The second-order valence-electron chi connectivity index (χ2n) is 6.44. The Balaban J connectivity index is 1.45. The van der Waals surface area contributed by atoms with Crippen molar-refractivity contribution < 1.29 is 9.59 Å². The number of hydrazone groups is 1. The summed E-state index contributed by atoms with van der Waals surface area (Å²) < 4.78 is 2.11. The van der Waals surface area contributed by atoms with Gasteiger partial charge in [-0.2, -0.15) is 5.10 Å². The lowest BCUT2D eigenvalue weighted by atomic mass is 9.95. The normalized spacial score (nSPS) is 18.8. The molecular weight excluding hydrogens is 308 g/mol. The lowest BCUT2D eigenvalue weighted by Gasteiger charge is -2.24. The summed E-state index contributed by atoms with van der Waals surface area (Å²) in [5.41, 5.74) is 3.32. The van der Waals surface area contributed by atoms with Crippen molar-refractivity contribution in [2.75, 3.05) is 0 Å². The van der Waals surface area contributed by atoms with Gasteiger partial charge in [-0.05, 0) is 25.7 Å². The van der Waals surface area contributed by atoms with E-state index in [1.165, 1.54) is 19.3 Å². The van der Waals surface area contributed by atoms with E-state index >= 15 is 0 Å². The lowest BCUT2D eigenvalue weighted by molar-refractivity contribution is -0.121. The Morgan fingerprint density at radius 3 is 2.88 bits per heavy atom. The molecule has 2 heterocycles. The van der Waals surface area contributed by atoms with E-state index in [0.717, 1.165) is 24.4 Å². The molecule has 0 radical (unpaired) electrons. The zero-order valence-electron chi connectivity index (χ0n) is 13.8. The van der Waals surface area contributed by atoms with Crippen molar-refractivity contribution in [1.82, 2.24) is 25.5 Å². The van der Waals surface area contributed by atoms with Crippen LogP contribution in [0.3, 0.4) is 0 Å². The van der Waals surface area contributed by atoms with Gasteiger partial charge >= 0.3 is 0 Å². The van der Waals surface area contributed by atoms with Crippen LogP contribution in [0.2, 0.25) is 0 Å². The van der Waals surface area contributed by atoms with Crippen molar-refractivity contribution >= 4 is 17.5 Å². The first-order chi connectivity index (χ1) is 11.7. The minimum Gasteiger partial charge on any atom is -0.349 e. The average Bonchev–Trinajstić information content (AvgIpc) is 3.09. The maximum atomic E-state index is 12.0. The summed E-state index contributed by atoms with van der Waals surface area (Å²) >= 11 is 0. The molecule has 0 atom stereocenters. The van der Waals surface area contributed by atoms with Crippen LogP contribution < -0.4 is 10.7 Å². The molecule has 3 rings (SSSR count). The van der Waals surface area contributed by atoms with E-state index < -0.39 is 0 Å². The molecule has 2 N–H and O–H groups in total. The molecule has 1 aromatic rings. The van der Waals surface area contributed by atoms with Crippen molar-refractivity contribution in [3.8, 4) is 0 Å². The third-order valence-corrected chi connectivity index (χ3v) is 4.68. The van der Waals surface area contributed by atoms with Crippen LogP contribution in [-0.4, -0.2) is 32.3 Å². The molecule has 130 valence electrons. The first kappa shape index (κ1) is 16.6. The monoisotopic (exact) mass is 332 g/mol. The fourth-order valence-corrected chi connectivity index (χ4v) is 3.27. The summed E-state index contributed by atoms with van der Waals surface area (Å²) in [5.74, 6) is 0.718. The number of carbonyl (C=O) groups is 2. The van der Waals surface area contributed by atoms with Crippen molar-refractivity contribution in [2.45, 2.75) is 70.4 Å². The predicted molar refractivity (Wildman–Crippen MR) is 88.0 cm³/mol. The summed E-state index contributed by atoms with van der Waals surface area (Å²) in [4.78, 5) is 23.1. The van der Waals surface area contributed by atoms with Gasteiger partial charge in [0.1, 0.15) is 6.33 Å². The second kappa shape index (κ2) is 8.03. The van der Waals surface area contributed by atoms with E-state index in [0.29, 0.717) is 38.3 Å². The molecule has 0 aromatic carbocycles. The van der Waals surface area contributed by atoms with Gasteiger partial charge in [0.2, 0.25) is 11.8 Å². The number of rotatable bonds is 6. The molecule has 2 amide bonds. The van der Waals surface area contributed by atoms with Crippen LogP contribution >= 0.6 is 0 Å². The highest BCUT2D eigenvalue weighted by atomic mass is 16.2. The average molecular weight is 332 g/mol. The minimum atomic E-state index is -0.0646. The number of hydrogen-bond acceptors (Lipinski definition) is 5. The highest BCUT2D eigenvalue weighted by Gasteiger charge is 2.19. The van der Waals surface area contributed by atoms with Gasteiger partial charge in [-0.3, -0.25) is 9.59 Å². The van der Waals surface area contributed by atoms with Crippen LogP contribution in [0.25, 0.3) is 0 Å². The Kier molecular flexibility index (Phi) is 5.55. The van der Waals surface area contributed by atoms with Crippen molar-refractivity contribution in [3.05, 3.63) is 12.2 Å². The largest absolute Gasteiger partial charge is 0.349 e. The van der Waals surface area contributed by atoms with Gasteiger partial charge in [0.25, 0.3) is 0 Å². The molecule has 8 nitrogen and oxygen atoms in total. The molecule has 2 aliphatic rings. The molecule has 0 unspecified atom stereocenters. The first-order valence-corrected chi connectivity index (χ1v) is 8.72. The van der Waals surface area contributed by atoms with Crippen molar-refractivity contribution in [2.24, 2.45) is 5.10 Å². The molecular formula is C16H24N6O2. The highest BCUT2D eigenvalue weighted by Crippen LogP contribution is 2.28. The van der Waals surface area contributed by atoms with E-state index in [4.69, 9.17) is 0 Å². The Morgan fingerprint density at radius 2 is 2.12 bits per heavy atom. The van der Waals surface area contributed by atoms with Crippen LogP contribution in [0.1, 0.15) is 69.7 Å².